The molecule has 4 heteroatoms. The van der Waals surface area contributed by atoms with Crippen LogP contribution in [-0.4, -0.2) is 18.1 Å². The number of benzene rings is 2. The Morgan fingerprint density at radius 1 is 1.14 bits per heavy atom. The van der Waals surface area contributed by atoms with Gasteiger partial charge in [-0.25, -0.2) is 4.79 Å². The predicted molar refractivity (Wildman–Crippen MR) is 82.1 cm³/mol. The molecule has 0 saturated carbocycles. The summed E-state index contributed by atoms with van der Waals surface area (Å²) in [5.74, 6) is -1.04. The lowest BCUT2D eigenvalue weighted by atomic mass is 10.1. The topological polar surface area (TPSA) is 64.3 Å². The fourth-order valence-corrected chi connectivity index (χ4v) is 2.33. The van der Waals surface area contributed by atoms with Crippen LogP contribution in [0.2, 0.25) is 0 Å². The number of nitrogens with zero attached hydrogens (tertiary/aromatic N) is 2. The minimum atomic E-state index is -1.04. The lowest BCUT2D eigenvalue weighted by molar-refractivity contribution is 0.0697. The molecule has 0 unspecified atom stereocenters. The molecule has 0 bridgehead atoms. The van der Waals surface area contributed by atoms with Crippen LogP contribution in [0.15, 0.2) is 36.4 Å². The van der Waals surface area contributed by atoms with Crippen LogP contribution in [0.1, 0.15) is 27.0 Å². The zero-order chi connectivity index (χ0) is 15.6. The van der Waals surface area contributed by atoms with Crippen molar-refractivity contribution < 1.29 is 9.90 Å². The zero-order valence-corrected chi connectivity index (χ0v) is 12.2. The van der Waals surface area contributed by atoms with E-state index in [4.69, 9.17) is 5.11 Å². The van der Waals surface area contributed by atoms with Gasteiger partial charge in [-0.15, -0.1) is 0 Å². The van der Waals surface area contributed by atoms with Crippen molar-refractivity contribution in [3.05, 3.63) is 58.7 Å². The van der Waals surface area contributed by atoms with Gasteiger partial charge >= 0.3 is 5.97 Å². The second-order valence-electron chi connectivity index (χ2n) is 5.05. The summed E-state index contributed by atoms with van der Waals surface area (Å²) in [5.41, 5.74) is 4.38. The number of carboxylic acids is 1. The highest BCUT2D eigenvalue weighted by atomic mass is 16.4. The third kappa shape index (κ3) is 3.03. The smallest absolute Gasteiger partial charge is 0.335 e. The second kappa shape index (κ2) is 5.68. The highest BCUT2D eigenvalue weighted by Gasteiger charge is 2.13. The number of anilines is 2. The summed E-state index contributed by atoms with van der Waals surface area (Å²) < 4.78 is 0. The maximum absolute atomic E-state index is 11.0. The SMILES string of the molecule is Cc1cc(C)cc(N(C)c2ccc(C(=O)O)cc2C#N)c1. The summed E-state index contributed by atoms with van der Waals surface area (Å²) in [5, 5.41) is 18.3. The van der Waals surface area contributed by atoms with Crippen LogP contribution in [0.5, 0.6) is 0 Å². The van der Waals surface area contributed by atoms with Gasteiger partial charge in [-0.2, -0.15) is 5.26 Å². The normalized spacial score (nSPS) is 10.0. The van der Waals surface area contributed by atoms with Crippen LogP contribution < -0.4 is 4.90 Å². The first-order valence-electron chi connectivity index (χ1n) is 6.52. The fourth-order valence-electron chi connectivity index (χ4n) is 2.33. The summed E-state index contributed by atoms with van der Waals surface area (Å²) in [6, 6.07) is 12.8. The molecular formula is C17H16N2O2. The number of carboxylic acid groups (broad SMARTS) is 1. The summed E-state index contributed by atoms with van der Waals surface area (Å²) in [6.07, 6.45) is 0. The first kappa shape index (κ1) is 14.6. The van der Waals surface area contributed by atoms with E-state index in [1.165, 1.54) is 12.1 Å². The van der Waals surface area contributed by atoms with Crippen molar-refractivity contribution in [2.45, 2.75) is 13.8 Å². The van der Waals surface area contributed by atoms with Gasteiger partial charge < -0.3 is 10.0 Å². The molecule has 0 aromatic heterocycles. The van der Waals surface area contributed by atoms with E-state index in [9.17, 15) is 10.1 Å². The molecule has 0 fully saturated rings. The Morgan fingerprint density at radius 3 is 2.29 bits per heavy atom. The standard InChI is InChI=1S/C17H16N2O2/c1-11-6-12(2)8-15(7-11)19(3)16-5-4-13(17(20)21)9-14(16)10-18/h4-9H,1-3H3,(H,20,21). The van der Waals surface area contributed by atoms with Crippen LogP contribution in [0.4, 0.5) is 11.4 Å². The minimum Gasteiger partial charge on any atom is -0.478 e. The highest BCUT2D eigenvalue weighted by Crippen LogP contribution is 2.29. The Hall–Kier alpha value is -2.80. The van der Waals surface area contributed by atoms with Gasteiger partial charge in [-0.3, -0.25) is 0 Å². The van der Waals surface area contributed by atoms with Gasteiger partial charge in [0.2, 0.25) is 0 Å². The molecule has 0 spiro atoms. The molecule has 1 N–H and O–H groups in total. The van der Waals surface area contributed by atoms with Gasteiger partial charge in [-0.05, 0) is 55.3 Å². The predicted octanol–water partition coefficient (Wildman–Crippen LogP) is 3.64. The second-order valence-corrected chi connectivity index (χ2v) is 5.05. The van der Waals surface area contributed by atoms with Crippen molar-refractivity contribution in [3.63, 3.8) is 0 Å². The molecule has 2 aromatic carbocycles. The van der Waals surface area contributed by atoms with E-state index in [0.717, 1.165) is 16.8 Å². The van der Waals surface area contributed by atoms with E-state index in [2.05, 4.69) is 12.1 Å². The van der Waals surface area contributed by atoms with Gasteiger partial charge in [0.25, 0.3) is 0 Å². The molecule has 0 saturated heterocycles. The van der Waals surface area contributed by atoms with Crippen LogP contribution >= 0.6 is 0 Å². The number of carbonyl (C=O) groups is 1. The Labute approximate surface area is 123 Å². The van der Waals surface area contributed by atoms with E-state index >= 15 is 0 Å². The lowest BCUT2D eigenvalue weighted by Gasteiger charge is -2.22. The van der Waals surface area contributed by atoms with Crippen molar-refractivity contribution in [3.8, 4) is 6.07 Å². The summed E-state index contributed by atoms with van der Waals surface area (Å²) in [6.45, 7) is 4.03. The summed E-state index contributed by atoms with van der Waals surface area (Å²) in [7, 11) is 1.87. The van der Waals surface area contributed by atoms with E-state index < -0.39 is 5.97 Å². The Balaban J connectivity index is 2.50. The van der Waals surface area contributed by atoms with Crippen LogP contribution in [0, 0.1) is 25.2 Å². The highest BCUT2D eigenvalue weighted by molar-refractivity contribution is 5.89. The molecule has 106 valence electrons. The molecule has 2 aromatic rings. The maximum Gasteiger partial charge on any atom is 0.335 e. The van der Waals surface area contributed by atoms with Crippen molar-refractivity contribution in [1.82, 2.24) is 0 Å². The van der Waals surface area contributed by atoms with Crippen molar-refractivity contribution in [1.29, 1.82) is 5.26 Å². The molecule has 0 aliphatic rings. The average molecular weight is 280 g/mol. The fraction of sp³-hybridized carbons (Fsp3) is 0.176. The van der Waals surface area contributed by atoms with E-state index in [1.54, 1.807) is 6.07 Å². The number of aromatic carboxylic acids is 1. The van der Waals surface area contributed by atoms with E-state index in [0.29, 0.717) is 11.3 Å². The third-order valence-electron chi connectivity index (χ3n) is 3.32. The monoisotopic (exact) mass is 280 g/mol. The first-order valence-corrected chi connectivity index (χ1v) is 6.52. The summed E-state index contributed by atoms with van der Waals surface area (Å²) >= 11 is 0. The number of hydrogen-bond acceptors (Lipinski definition) is 3. The molecule has 0 radical (unpaired) electrons. The number of rotatable bonds is 3. The average Bonchev–Trinajstić information content (AvgIpc) is 2.44. The van der Waals surface area contributed by atoms with Crippen LogP contribution in [0.25, 0.3) is 0 Å². The molecule has 0 amide bonds. The minimum absolute atomic E-state index is 0.115. The van der Waals surface area contributed by atoms with Gasteiger partial charge in [0.15, 0.2) is 0 Å². The maximum atomic E-state index is 11.0. The largest absolute Gasteiger partial charge is 0.478 e. The Morgan fingerprint density at radius 2 is 1.76 bits per heavy atom. The Kier molecular flexibility index (Phi) is 3.95. The molecule has 0 atom stereocenters. The number of hydrogen-bond donors (Lipinski definition) is 1. The first-order chi connectivity index (χ1) is 9.92. The lowest BCUT2D eigenvalue weighted by Crippen LogP contribution is -2.12. The van der Waals surface area contributed by atoms with Gasteiger partial charge in [0, 0.05) is 12.7 Å². The van der Waals surface area contributed by atoms with Crippen LogP contribution in [0.3, 0.4) is 0 Å². The molecular weight excluding hydrogens is 264 g/mol. The van der Waals surface area contributed by atoms with Gasteiger partial charge in [0.1, 0.15) is 6.07 Å². The van der Waals surface area contributed by atoms with Crippen LogP contribution in [-0.2, 0) is 0 Å². The van der Waals surface area contributed by atoms with Crippen molar-refractivity contribution in [2.24, 2.45) is 0 Å². The van der Waals surface area contributed by atoms with Crippen molar-refractivity contribution in [2.75, 3.05) is 11.9 Å². The molecule has 21 heavy (non-hydrogen) atoms. The summed E-state index contributed by atoms with van der Waals surface area (Å²) in [4.78, 5) is 12.9. The number of aryl methyl sites for hydroxylation is 2. The molecule has 0 heterocycles. The quantitative estimate of drug-likeness (QED) is 0.932. The molecule has 2 rings (SSSR count). The van der Waals surface area contributed by atoms with Crippen molar-refractivity contribution >= 4 is 17.3 Å². The molecule has 0 aliphatic carbocycles. The third-order valence-corrected chi connectivity index (χ3v) is 3.32. The van der Waals surface area contributed by atoms with Gasteiger partial charge in [-0.1, -0.05) is 6.07 Å². The van der Waals surface area contributed by atoms with Gasteiger partial charge in [0.05, 0.1) is 16.8 Å². The molecule has 4 nitrogen and oxygen atoms in total. The molecule has 0 aliphatic heterocycles. The number of nitriles is 1. The van der Waals surface area contributed by atoms with E-state index in [1.807, 2.05) is 37.9 Å². The zero-order valence-electron chi connectivity index (χ0n) is 12.2. The van der Waals surface area contributed by atoms with E-state index in [-0.39, 0.29) is 5.56 Å². The Bertz CT molecular complexity index is 725.